The van der Waals surface area contributed by atoms with E-state index in [1.165, 1.54) is 0 Å². The lowest BCUT2D eigenvalue weighted by Crippen LogP contribution is -1.91. The zero-order valence-electron chi connectivity index (χ0n) is 5.37. The minimum absolute atomic E-state index is 0.0720. The Bertz CT molecular complexity index is 249. The summed E-state index contributed by atoms with van der Waals surface area (Å²) in [6.07, 6.45) is 0. The summed E-state index contributed by atoms with van der Waals surface area (Å²) < 4.78 is 37.0. The highest BCUT2D eigenvalue weighted by molar-refractivity contribution is 6.30. The summed E-state index contributed by atoms with van der Waals surface area (Å²) in [6, 6.07) is 1.75. The molecule has 1 aromatic rings. The fourth-order valence-electron chi connectivity index (χ4n) is 0.700. The monoisotopic (exact) mass is 180 g/mol. The van der Waals surface area contributed by atoms with Crippen molar-refractivity contribution in [2.24, 2.45) is 0 Å². The van der Waals surface area contributed by atoms with Crippen LogP contribution in [0.15, 0.2) is 12.1 Å². The zero-order chi connectivity index (χ0) is 8.43. The van der Waals surface area contributed by atoms with E-state index in [1.54, 1.807) is 0 Å². The number of hydrogen-bond donors (Lipinski definition) is 0. The van der Waals surface area contributed by atoms with E-state index >= 15 is 0 Å². The molecule has 0 nitrogen and oxygen atoms in total. The summed E-state index contributed by atoms with van der Waals surface area (Å²) in [7, 11) is 0. The molecule has 0 unspecified atom stereocenters. The lowest BCUT2D eigenvalue weighted by molar-refractivity contribution is 0.440. The minimum Gasteiger partial charge on any atom is -0.246 e. The summed E-state index contributed by atoms with van der Waals surface area (Å²) >= 11 is 5.28. The predicted octanol–water partition coefficient (Wildman–Crippen LogP) is 3.09. The molecule has 0 aliphatic rings. The van der Waals surface area contributed by atoms with Crippen LogP contribution < -0.4 is 0 Å². The van der Waals surface area contributed by atoms with Gasteiger partial charge in [0.1, 0.15) is 18.3 Å². The molecule has 0 fully saturated rings. The SMILES string of the molecule is FCc1c(F)cc(Cl)cc1F. The first kappa shape index (κ1) is 8.40. The molecule has 1 aromatic carbocycles. The van der Waals surface area contributed by atoms with Crippen molar-refractivity contribution in [3.8, 4) is 0 Å². The van der Waals surface area contributed by atoms with Crippen molar-refractivity contribution in [2.75, 3.05) is 0 Å². The van der Waals surface area contributed by atoms with Crippen molar-refractivity contribution in [1.82, 2.24) is 0 Å². The van der Waals surface area contributed by atoms with Gasteiger partial charge in [-0.15, -0.1) is 0 Å². The van der Waals surface area contributed by atoms with Crippen molar-refractivity contribution >= 4 is 11.6 Å². The molecule has 0 amide bonds. The second-order valence-corrected chi connectivity index (χ2v) is 2.42. The van der Waals surface area contributed by atoms with Crippen LogP contribution in [0.2, 0.25) is 5.02 Å². The molecular formula is C7H4ClF3. The lowest BCUT2D eigenvalue weighted by Gasteiger charge is -1.99. The Morgan fingerprint density at radius 3 is 2.00 bits per heavy atom. The van der Waals surface area contributed by atoms with E-state index in [0.29, 0.717) is 0 Å². The Morgan fingerprint density at radius 2 is 1.64 bits per heavy atom. The van der Waals surface area contributed by atoms with Crippen LogP contribution in [0.4, 0.5) is 13.2 Å². The van der Waals surface area contributed by atoms with Crippen molar-refractivity contribution < 1.29 is 13.2 Å². The van der Waals surface area contributed by atoms with Gasteiger partial charge < -0.3 is 0 Å². The molecule has 1 rings (SSSR count). The molecule has 0 aliphatic carbocycles. The van der Waals surface area contributed by atoms with Crippen molar-refractivity contribution in [3.63, 3.8) is 0 Å². The highest BCUT2D eigenvalue weighted by atomic mass is 35.5. The number of benzene rings is 1. The molecule has 0 radical (unpaired) electrons. The van der Waals surface area contributed by atoms with Crippen molar-refractivity contribution in [2.45, 2.75) is 6.67 Å². The van der Waals surface area contributed by atoms with Crippen LogP contribution >= 0.6 is 11.6 Å². The molecule has 0 aromatic heterocycles. The van der Waals surface area contributed by atoms with Crippen LogP contribution in [-0.2, 0) is 6.67 Å². The minimum atomic E-state index is -1.16. The van der Waals surface area contributed by atoms with E-state index in [-0.39, 0.29) is 5.02 Å². The fourth-order valence-corrected chi connectivity index (χ4v) is 0.891. The highest BCUT2D eigenvalue weighted by Gasteiger charge is 2.09. The topological polar surface area (TPSA) is 0 Å². The van der Waals surface area contributed by atoms with Gasteiger partial charge in [-0.2, -0.15) is 0 Å². The Labute approximate surface area is 66.6 Å². The predicted molar refractivity (Wildman–Crippen MR) is 36.2 cm³/mol. The molecule has 0 saturated carbocycles. The van der Waals surface area contributed by atoms with E-state index in [2.05, 4.69) is 0 Å². The van der Waals surface area contributed by atoms with Gasteiger partial charge >= 0.3 is 0 Å². The Morgan fingerprint density at radius 1 is 1.18 bits per heavy atom. The van der Waals surface area contributed by atoms with Crippen LogP contribution in [0.1, 0.15) is 5.56 Å². The Balaban J connectivity index is 3.25. The first-order chi connectivity index (χ1) is 5.15. The maximum absolute atomic E-state index is 12.5. The first-order valence-electron chi connectivity index (χ1n) is 2.84. The Hall–Kier alpha value is -0.700. The molecule has 0 aliphatic heterocycles. The third kappa shape index (κ3) is 1.66. The van der Waals surface area contributed by atoms with Crippen molar-refractivity contribution in [1.29, 1.82) is 0 Å². The van der Waals surface area contributed by atoms with Gasteiger partial charge in [-0.05, 0) is 12.1 Å². The molecule has 0 bridgehead atoms. The number of hydrogen-bond acceptors (Lipinski definition) is 0. The third-order valence-corrected chi connectivity index (χ3v) is 1.46. The van der Waals surface area contributed by atoms with Gasteiger partial charge in [0, 0.05) is 5.02 Å². The summed E-state index contributed by atoms with van der Waals surface area (Å²) in [4.78, 5) is 0. The van der Waals surface area contributed by atoms with Crippen LogP contribution in [0, 0.1) is 11.6 Å². The fraction of sp³-hybridized carbons (Fsp3) is 0.143. The van der Waals surface area contributed by atoms with Gasteiger partial charge in [0.25, 0.3) is 0 Å². The molecule has 0 N–H and O–H groups in total. The van der Waals surface area contributed by atoms with E-state index < -0.39 is 23.9 Å². The zero-order valence-corrected chi connectivity index (χ0v) is 6.13. The molecule has 4 heteroatoms. The van der Waals surface area contributed by atoms with E-state index in [1.807, 2.05) is 0 Å². The van der Waals surface area contributed by atoms with Gasteiger partial charge in [0.2, 0.25) is 0 Å². The molecule has 0 heterocycles. The summed E-state index contributed by atoms with van der Waals surface area (Å²) in [5.41, 5.74) is -0.575. The van der Waals surface area contributed by atoms with Gasteiger partial charge in [-0.25, -0.2) is 13.2 Å². The standard InChI is InChI=1S/C7H4ClF3/c8-4-1-6(10)5(3-9)7(11)2-4/h1-2H,3H2. The highest BCUT2D eigenvalue weighted by Crippen LogP contribution is 2.19. The third-order valence-electron chi connectivity index (χ3n) is 1.24. The van der Waals surface area contributed by atoms with Gasteiger partial charge in [-0.1, -0.05) is 11.6 Å². The lowest BCUT2D eigenvalue weighted by atomic mass is 10.2. The molecular weight excluding hydrogens is 177 g/mol. The van der Waals surface area contributed by atoms with Crippen LogP contribution in [0.3, 0.4) is 0 Å². The summed E-state index contributed by atoms with van der Waals surface area (Å²) in [5.74, 6) is -1.89. The van der Waals surface area contributed by atoms with Gasteiger partial charge in [-0.3, -0.25) is 0 Å². The van der Waals surface area contributed by atoms with Crippen LogP contribution in [-0.4, -0.2) is 0 Å². The van der Waals surface area contributed by atoms with Gasteiger partial charge in [0.15, 0.2) is 0 Å². The molecule has 0 saturated heterocycles. The quantitative estimate of drug-likeness (QED) is 0.623. The molecule has 0 spiro atoms. The molecule has 0 atom stereocenters. The maximum Gasteiger partial charge on any atom is 0.133 e. The van der Waals surface area contributed by atoms with Crippen molar-refractivity contribution in [3.05, 3.63) is 34.4 Å². The van der Waals surface area contributed by atoms with Crippen LogP contribution in [0.25, 0.3) is 0 Å². The van der Waals surface area contributed by atoms with E-state index in [9.17, 15) is 13.2 Å². The second-order valence-electron chi connectivity index (χ2n) is 1.98. The molecule has 60 valence electrons. The molecule has 11 heavy (non-hydrogen) atoms. The number of rotatable bonds is 1. The first-order valence-corrected chi connectivity index (χ1v) is 3.22. The second kappa shape index (κ2) is 3.13. The summed E-state index contributed by atoms with van der Waals surface area (Å²) in [6.45, 7) is -1.16. The summed E-state index contributed by atoms with van der Waals surface area (Å²) in [5, 5.41) is -0.0720. The van der Waals surface area contributed by atoms with Gasteiger partial charge in [0.05, 0.1) is 5.56 Å². The number of halogens is 4. The average Bonchev–Trinajstić information content (AvgIpc) is 1.85. The van der Waals surface area contributed by atoms with Crippen LogP contribution in [0.5, 0.6) is 0 Å². The largest absolute Gasteiger partial charge is 0.246 e. The number of alkyl halides is 1. The maximum atomic E-state index is 12.5. The normalized spacial score (nSPS) is 10.2. The van der Waals surface area contributed by atoms with E-state index in [0.717, 1.165) is 12.1 Å². The smallest absolute Gasteiger partial charge is 0.133 e. The van der Waals surface area contributed by atoms with E-state index in [4.69, 9.17) is 11.6 Å². The average molecular weight is 181 g/mol. The Kier molecular flexibility index (Phi) is 2.39.